The summed E-state index contributed by atoms with van der Waals surface area (Å²) in [7, 11) is 1.46. The predicted octanol–water partition coefficient (Wildman–Crippen LogP) is 4.67. The molecule has 0 spiro atoms. The molecule has 3 aromatic heterocycles. The predicted molar refractivity (Wildman–Crippen MR) is 99.1 cm³/mol. The van der Waals surface area contributed by atoms with E-state index >= 15 is 0 Å². The number of nitrogens with zero attached hydrogens (tertiary/aromatic N) is 5. The van der Waals surface area contributed by atoms with E-state index in [2.05, 4.69) is 36.1 Å². The lowest BCUT2D eigenvalue weighted by Gasteiger charge is -2.09. The summed E-state index contributed by atoms with van der Waals surface area (Å²) in [6, 6.07) is 10.1. The van der Waals surface area contributed by atoms with Crippen molar-refractivity contribution >= 4 is 27.0 Å². The largest absolute Gasteiger partial charge is 0.480 e. The van der Waals surface area contributed by atoms with Crippen molar-refractivity contribution in [2.24, 2.45) is 0 Å². The Kier molecular flexibility index (Phi) is 4.50. The highest BCUT2D eigenvalue weighted by Gasteiger charge is 2.31. The Morgan fingerprint density at radius 1 is 1.04 bits per heavy atom. The molecule has 0 aliphatic rings. The second-order valence-corrected chi connectivity index (χ2v) is 6.68. The molecule has 1 aromatic carbocycles. The van der Waals surface area contributed by atoms with Crippen molar-refractivity contribution in [2.45, 2.75) is 6.18 Å². The zero-order chi connectivity index (χ0) is 19.9. The van der Waals surface area contributed by atoms with Crippen molar-refractivity contribution in [2.75, 3.05) is 7.11 Å². The fraction of sp³-hybridized carbons (Fsp3) is 0.111. The number of ether oxygens (including phenoxy) is 1. The number of benzene rings is 1. The van der Waals surface area contributed by atoms with Crippen LogP contribution in [0.3, 0.4) is 0 Å². The zero-order valence-corrected chi connectivity index (χ0v) is 15.9. The van der Waals surface area contributed by atoms with Crippen LogP contribution in [-0.2, 0) is 6.18 Å². The highest BCUT2D eigenvalue weighted by Crippen LogP contribution is 2.34. The average Bonchev–Trinajstić information content (AvgIpc) is 3.06. The number of hydrogen-bond acceptors (Lipinski definition) is 5. The van der Waals surface area contributed by atoms with Gasteiger partial charge in [-0.3, -0.25) is 9.55 Å². The molecule has 3 heterocycles. The minimum Gasteiger partial charge on any atom is -0.480 e. The van der Waals surface area contributed by atoms with E-state index in [4.69, 9.17) is 4.74 Å². The molecule has 0 unspecified atom stereocenters. The van der Waals surface area contributed by atoms with Crippen molar-refractivity contribution in [3.05, 3.63) is 58.7 Å². The third-order valence-corrected chi connectivity index (χ3v) is 4.47. The van der Waals surface area contributed by atoms with Crippen LogP contribution in [0.1, 0.15) is 5.56 Å². The quantitative estimate of drug-likeness (QED) is 0.454. The van der Waals surface area contributed by atoms with Gasteiger partial charge in [0.15, 0.2) is 11.6 Å². The molecule has 4 aromatic rings. The first-order valence-corrected chi connectivity index (χ1v) is 8.76. The molecule has 0 fully saturated rings. The van der Waals surface area contributed by atoms with Crippen LogP contribution in [0.2, 0.25) is 0 Å². The first-order valence-electron chi connectivity index (χ1n) is 7.96. The molecule has 10 heteroatoms. The monoisotopic (exact) mass is 449 g/mol. The van der Waals surface area contributed by atoms with E-state index in [1.54, 1.807) is 35.0 Å². The Labute approximate surface area is 165 Å². The molecule has 0 aliphatic carbocycles. The molecule has 0 aliphatic heterocycles. The van der Waals surface area contributed by atoms with E-state index in [-0.39, 0.29) is 5.52 Å². The first kappa shape index (κ1) is 18.4. The Bertz CT molecular complexity index is 1140. The normalized spacial score (nSPS) is 11.8. The maximum atomic E-state index is 13.1. The molecule has 28 heavy (non-hydrogen) atoms. The molecule has 0 saturated heterocycles. The Balaban J connectivity index is 1.98. The molecular formula is C18H11BrF3N5O. The van der Waals surface area contributed by atoms with Gasteiger partial charge in [-0.1, -0.05) is 0 Å². The number of halogens is 4. The van der Waals surface area contributed by atoms with E-state index < -0.39 is 11.7 Å². The number of hydrogen-bond donors (Lipinski definition) is 0. The zero-order valence-electron chi connectivity index (χ0n) is 14.3. The van der Waals surface area contributed by atoms with Crippen molar-refractivity contribution in [1.82, 2.24) is 24.7 Å². The highest BCUT2D eigenvalue weighted by molar-refractivity contribution is 9.10. The molecule has 0 bridgehead atoms. The van der Waals surface area contributed by atoms with Gasteiger partial charge in [-0.05, 0) is 52.3 Å². The first-order chi connectivity index (χ1) is 13.4. The number of aromatic nitrogens is 5. The number of alkyl halides is 3. The Morgan fingerprint density at radius 2 is 1.86 bits per heavy atom. The number of rotatable bonds is 3. The lowest BCUT2D eigenvalue weighted by atomic mass is 10.2. The summed E-state index contributed by atoms with van der Waals surface area (Å²) in [6.45, 7) is 0. The third-order valence-electron chi connectivity index (χ3n) is 4.00. The third kappa shape index (κ3) is 3.31. The second kappa shape index (κ2) is 6.86. The standard InChI is InChI=1S/C18H11BrF3N5O/c1-28-16-7-6-15(25-26-16)27-14-5-2-10(18(20,21)22)8-13(14)24-17(27)12-4-3-11(19)9-23-12/h2-9H,1H3. The SMILES string of the molecule is COc1ccc(-n2c(-c3ccc(Br)cn3)nc3cc(C(F)(F)F)ccc32)nn1. The number of methoxy groups -OCH3 is 1. The Morgan fingerprint density at radius 3 is 2.46 bits per heavy atom. The van der Waals surface area contributed by atoms with Crippen LogP contribution in [0.4, 0.5) is 13.2 Å². The number of imidazole rings is 1. The molecule has 0 amide bonds. The molecule has 0 saturated carbocycles. The smallest absolute Gasteiger partial charge is 0.416 e. The van der Waals surface area contributed by atoms with Gasteiger partial charge in [0.2, 0.25) is 5.88 Å². The maximum Gasteiger partial charge on any atom is 0.416 e. The molecule has 4 rings (SSSR count). The van der Waals surface area contributed by atoms with Crippen molar-refractivity contribution in [3.63, 3.8) is 0 Å². The van der Waals surface area contributed by atoms with Gasteiger partial charge >= 0.3 is 6.18 Å². The van der Waals surface area contributed by atoms with Crippen LogP contribution in [0.15, 0.2) is 53.1 Å². The van der Waals surface area contributed by atoms with Crippen molar-refractivity contribution in [3.8, 4) is 23.2 Å². The van der Waals surface area contributed by atoms with Crippen LogP contribution in [0.25, 0.3) is 28.4 Å². The van der Waals surface area contributed by atoms with Gasteiger partial charge in [0.05, 0.1) is 23.7 Å². The van der Waals surface area contributed by atoms with Gasteiger partial charge in [0.25, 0.3) is 0 Å². The van der Waals surface area contributed by atoms with Crippen molar-refractivity contribution in [1.29, 1.82) is 0 Å². The van der Waals surface area contributed by atoms with Crippen LogP contribution in [0, 0.1) is 0 Å². The van der Waals surface area contributed by atoms with Gasteiger partial charge in [0.1, 0.15) is 5.69 Å². The summed E-state index contributed by atoms with van der Waals surface area (Å²) in [5.41, 5.74) is 0.325. The van der Waals surface area contributed by atoms with E-state index in [1.807, 2.05) is 0 Å². The minimum atomic E-state index is -4.46. The van der Waals surface area contributed by atoms with Crippen LogP contribution >= 0.6 is 15.9 Å². The molecule has 0 N–H and O–H groups in total. The number of pyridine rings is 1. The van der Waals surface area contributed by atoms with Gasteiger partial charge < -0.3 is 4.74 Å². The number of fused-ring (bicyclic) bond motifs is 1. The molecule has 0 radical (unpaired) electrons. The summed E-state index contributed by atoms with van der Waals surface area (Å²) in [5.74, 6) is 1.04. The van der Waals surface area contributed by atoms with E-state index in [0.29, 0.717) is 28.7 Å². The lowest BCUT2D eigenvalue weighted by Crippen LogP contribution is -2.05. The summed E-state index contributed by atoms with van der Waals surface area (Å²) in [4.78, 5) is 8.70. The van der Waals surface area contributed by atoms with Crippen LogP contribution in [-0.4, -0.2) is 31.8 Å². The van der Waals surface area contributed by atoms with Gasteiger partial charge in [0, 0.05) is 16.7 Å². The van der Waals surface area contributed by atoms with Crippen molar-refractivity contribution < 1.29 is 17.9 Å². The summed E-state index contributed by atoms with van der Waals surface area (Å²) in [5, 5.41) is 8.04. The van der Waals surface area contributed by atoms with Crippen LogP contribution in [0.5, 0.6) is 5.88 Å². The maximum absolute atomic E-state index is 13.1. The molecule has 142 valence electrons. The minimum absolute atomic E-state index is 0.173. The Hall–Kier alpha value is -3.01. The molecule has 6 nitrogen and oxygen atoms in total. The molecule has 0 atom stereocenters. The highest BCUT2D eigenvalue weighted by atomic mass is 79.9. The average molecular weight is 450 g/mol. The van der Waals surface area contributed by atoms with E-state index in [0.717, 1.165) is 16.6 Å². The topological polar surface area (TPSA) is 65.7 Å². The van der Waals surface area contributed by atoms with Gasteiger partial charge in [-0.15, -0.1) is 10.2 Å². The summed E-state index contributed by atoms with van der Waals surface area (Å²) >= 11 is 3.31. The summed E-state index contributed by atoms with van der Waals surface area (Å²) in [6.07, 6.45) is -2.88. The second-order valence-electron chi connectivity index (χ2n) is 5.77. The van der Waals surface area contributed by atoms with Gasteiger partial charge in [-0.25, -0.2) is 4.98 Å². The lowest BCUT2D eigenvalue weighted by molar-refractivity contribution is -0.137. The van der Waals surface area contributed by atoms with Crippen LogP contribution < -0.4 is 4.74 Å². The van der Waals surface area contributed by atoms with E-state index in [1.165, 1.54) is 13.2 Å². The van der Waals surface area contributed by atoms with E-state index in [9.17, 15) is 13.2 Å². The molecular weight excluding hydrogens is 439 g/mol. The fourth-order valence-electron chi connectivity index (χ4n) is 2.71. The fourth-order valence-corrected chi connectivity index (χ4v) is 2.94. The van der Waals surface area contributed by atoms with Gasteiger partial charge in [-0.2, -0.15) is 13.2 Å². The summed E-state index contributed by atoms with van der Waals surface area (Å²) < 4.78 is 46.7.